The average molecular weight is 181 g/mol. The molecule has 2 saturated carbocycles. The molecular weight excluding hydrogens is 158 g/mol. The molecule has 0 aromatic heterocycles. The fraction of sp³-hybridized carbons (Fsp3) is 1.00. The van der Waals surface area contributed by atoms with Crippen molar-refractivity contribution in [3.05, 3.63) is 0 Å². The van der Waals surface area contributed by atoms with Gasteiger partial charge in [-0.1, -0.05) is 26.2 Å². The molecule has 0 spiro atoms. The monoisotopic (exact) mass is 181 g/mol. The molecule has 2 atom stereocenters. The number of nitrogens with one attached hydrogen (secondary N) is 1. The van der Waals surface area contributed by atoms with Crippen LogP contribution in [-0.4, -0.2) is 13.1 Å². The van der Waals surface area contributed by atoms with Gasteiger partial charge in [0.2, 0.25) is 0 Å². The van der Waals surface area contributed by atoms with E-state index in [2.05, 4.69) is 12.2 Å². The first-order valence-electron chi connectivity index (χ1n) is 6.07. The van der Waals surface area contributed by atoms with Gasteiger partial charge in [-0.25, -0.2) is 0 Å². The summed E-state index contributed by atoms with van der Waals surface area (Å²) in [6, 6.07) is 0. The van der Waals surface area contributed by atoms with Crippen molar-refractivity contribution in [1.29, 1.82) is 0 Å². The second-order valence-electron chi connectivity index (χ2n) is 5.14. The molecule has 2 fully saturated rings. The summed E-state index contributed by atoms with van der Waals surface area (Å²) < 4.78 is 0. The Morgan fingerprint density at radius 1 is 1.08 bits per heavy atom. The Hall–Kier alpha value is -0.0400. The Balaban J connectivity index is 1.51. The summed E-state index contributed by atoms with van der Waals surface area (Å²) in [5.41, 5.74) is 0. The maximum Gasteiger partial charge on any atom is -0.00177 e. The molecule has 0 saturated heterocycles. The van der Waals surface area contributed by atoms with Crippen LogP contribution < -0.4 is 5.32 Å². The van der Waals surface area contributed by atoms with Crippen molar-refractivity contribution in [2.24, 2.45) is 17.8 Å². The summed E-state index contributed by atoms with van der Waals surface area (Å²) >= 11 is 0. The van der Waals surface area contributed by atoms with Crippen molar-refractivity contribution in [1.82, 2.24) is 5.32 Å². The molecule has 2 aliphatic carbocycles. The molecule has 2 aliphatic rings. The van der Waals surface area contributed by atoms with Crippen molar-refractivity contribution in [2.45, 2.75) is 45.4 Å². The van der Waals surface area contributed by atoms with E-state index in [0.29, 0.717) is 0 Å². The van der Waals surface area contributed by atoms with E-state index in [4.69, 9.17) is 0 Å². The second-order valence-corrected chi connectivity index (χ2v) is 5.14. The van der Waals surface area contributed by atoms with Crippen molar-refractivity contribution < 1.29 is 0 Å². The molecule has 0 radical (unpaired) electrons. The zero-order valence-electron chi connectivity index (χ0n) is 8.89. The Bertz CT molecular complexity index is 149. The van der Waals surface area contributed by atoms with Gasteiger partial charge in [-0.3, -0.25) is 0 Å². The van der Waals surface area contributed by atoms with E-state index in [0.717, 1.165) is 17.8 Å². The molecule has 0 heterocycles. The Kier molecular flexibility index (Phi) is 3.26. The van der Waals surface area contributed by atoms with E-state index in [1.165, 1.54) is 51.6 Å². The topological polar surface area (TPSA) is 12.0 Å². The maximum absolute atomic E-state index is 3.65. The van der Waals surface area contributed by atoms with Crippen LogP contribution >= 0.6 is 0 Å². The van der Waals surface area contributed by atoms with Gasteiger partial charge < -0.3 is 5.32 Å². The third kappa shape index (κ3) is 2.98. The van der Waals surface area contributed by atoms with Gasteiger partial charge in [0.25, 0.3) is 0 Å². The fourth-order valence-electron chi connectivity index (χ4n) is 2.55. The number of hydrogen-bond donors (Lipinski definition) is 1. The van der Waals surface area contributed by atoms with Crippen LogP contribution in [0.15, 0.2) is 0 Å². The van der Waals surface area contributed by atoms with E-state index in [1.807, 2.05) is 0 Å². The van der Waals surface area contributed by atoms with E-state index in [-0.39, 0.29) is 0 Å². The number of hydrogen-bond acceptors (Lipinski definition) is 1. The zero-order valence-corrected chi connectivity index (χ0v) is 8.89. The summed E-state index contributed by atoms with van der Waals surface area (Å²) in [6.07, 6.45) is 8.87. The Morgan fingerprint density at radius 3 is 2.38 bits per heavy atom. The molecule has 0 aromatic carbocycles. The smallest absolute Gasteiger partial charge is 0.00177 e. The van der Waals surface area contributed by atoms with Crippen molar-refractivity contribution >= 4 is 0 Å². The van der Waals surface area contributed by atoms with Gasteiger partial charge in [0, 0.05) is 0 Å². The summed E-state index contributed by atoms with van der Waals surface area (Å²) in [7, 11) is 0. The maximum atomic E-state index is 3.65. The van der Waals surface area contributed by atoms with Crippen LogP contribution in [-0.2, 0) is 0 Å². The van der Waals surface area contributed by atoms with E-state index in [1.54, 1.807) is 0 Å². The third-order valence-corrected chi connectivity index (χ3v) is 3.84. The normalized spacial score (nSPS) is 34.8. The van der Waals surface area contributed by atoms with Crippen molar-refractivity contribution in [3.63, 3.8) is 0 Å². The molecule has 0 aromatic rings. The van der Waals surface area contributed by atoms with Crippen LogP contribution in [0.5, 0.6) is 0 Å². The van der Waals surface area contributed by atoms with Crippen molar-refractivity contribution in [2.75, 3.05) is 13.1 Å². The lowest BCUT2D eigenvalue weighted by Gasteiger charge is -2.21. The predicted molar refractivity (Wildman–Crippen MR) is 56.7 cm³/mol. The highest BCUT2D eigenvalue weighted by molar-refractivity contribution is 4.84. The van der Waals surface area contributed by atoms with Gasteiger partial charge >= 0.3 is 0 Å². The molecule has 2 unspecified atom stereocenters. The molecule has 1 N–H and O–H groups in total. The summed E-state index contributed by atoms with van der Waals surface area (Å²) in [5, 5.41) is 3.65. The van der Waals surface area contributed by atoms with Crippen LogP contribution in [0.3, 0.4) is 0 Å². The van der Waals surface area contributed by atoms with Gasteiger partial charge in [-0.2, -0.15) is 0 Å². The lowest BCUT2D eigenvalue weighted by atomic mass is 9.89. The molecule has 2 rings (SSSR count). The van der Waals surface area contributed by atoms with E-state index >= 15 is 0 Å². The second kappa shape index (κ2) is 4.45. The van der Waals surface area contributed by atoms with Gasteiger partial charge in [-0.05, 0) is 50.1 Å². The van der Waals surface area contributed by atoms with Gasteiger partial charge in [-0.15, -0.1) is 0 Å². The molecule has 13 heavy (non-hydrogen) atoms. The van der Waals surface area contributed by atoms with Gasteiger partial charge in [0.15, 0.2) is 0 Å². The zero-order chi connectivity index (χ0) is 9.10. The number of rotatable bonds is 4. The van der Waals surface area contributed by atoms with E-state index < -0.39 is 0 Å². The summed E-state index contributed by atoms with van der Waals surface area (Å²) in [4.78, 5) is 0. The largest absolute Gasteiger partial charge is 0.316 e. The standard InChI is InChI=1S/C12H23N/c1-10-7-12(10)9-13-8-11-5-3-2-4-6-11/h10-13H,2-9H2,1H3. The van der Waals surface area contributed by atoms with Gasteiger partial charge in [0.05, 0.1) is 0 Å². The lowest BCUT2D eigenvalue weighted by Crippen LogP contribution is -2.26. The highest BCUT2D eigenvalue weighted by Gasteiger charge is 2.31. The molecule has 76 valence electrons. The minimum absolute atomic E-state index is 1.00. The first-order valence-corrected chi connectivity index (χ1v) is 6.07. The average Bonchev–Trinajstić information content (AvgIpc) is 2.84. The highest BCUT2D eigenvalue weighted by Crippen LogP contribution is 2.36. The van der Waals surface area contributed by atoms with E-state index in [9.17, 15) is 0 Å². The first-order chi connectivity index (χ1) is 6.36. The third-order valence-electron chi connectivity index (χ3n) is 3.84. The molecule has 0 amide bonds. The quantitative estimate of drug-likeness (QED) is 0.703. The molecule has 1 nitrogen and oxygen atoms in total. The SMILES string of the molecule is CC1CC1CNCC1CCCCC1. The Labute approximate surface area is 82.3 Å². The molecule has 0 aliphatic heterocycles. The van der Waals surface area contributed by atoms with Crippen LogP contribution in [0.4, 0.5) is 0 Å². The van der Waals surface area contributed by atoms with Crippen LogP contribution in [0.25, 0.3) is 0 Å². The van der Waals surface area contributed by atoms with Gasteiger partial charge in [0.1, 0.15) is 0 Å². The molecule has 1 heteroatoms. The summed E-state index contributed by atoms with van der Waals surface area (Å²) in [5.74, 6) is 3.03. The lowest BCUT2D eigenvalue weighted by molar-refractivity contribution is 0.340. The van der Waals surface area contributed by atoms with Crippen LogP contribution in [0.1, 0.15) is 45.4 Å². The molecular formula is C12H23N. The van der Waals surface area contributed by atoms with Crippen molar-refractivity contribution in [3.8, 4) is 0 Å². The van der Waals surface area contributed by atoms with Crippen LogP contribution in [0, 0.1) is 17.8 Å². The first kappa shape index (κ1) is 9.51. The minimum atomic E-state index is 1.00. The summed E-state index contributed by atoms with van der Waals surface area (Å²) in [6.45, 7) is 4.95. The molecule has 0 bridgehead atoms. The van der Waals surface area contributed by atoms with Crippen LogP contribution in [0.2, 0.25) is 0 Å². The Morgan fingerprint density at radius 2 is 1.77 bits per heavy atom. The predicted octanol–water partition coefficient (Wildman–Crippen LogP) is 2.81. The highest BCUT2D eigenvalue weighted by atomic mass is 14.9. The minimum Gasteiger partial charge on any atom is -0.316 e. The fourth-order valence-corrected chi connectivity index (χ4v) is 2.55.